The summed E-state index contributed by atoms with van der Waals surface area (Å²) in [7, 11) is 0. The van der Waals surface area contributed by atoms with Gasteiger partial charge in [0.15, 0.2) is 0 Å². The van der Waals surface area contributed by atoms with E-state index in [-0.39, 0.29) is 13.2 Å². The molecule has 0 bridgehead atoms. The van der Waals surface area contributed by atoms with Crippen LogP contribution < -0.4 is 0 Å². The Morgan fingerprint density at radius 3 is 2.70 bits per heavy atom. The van der Waals surface area contributed by atoms with Gasteiger partial charge in [-0.3, -0.25) is 0 Å². The molecular formula is C6H12O4. The van der Waals surface area contributed by atoms with Crippen LogP contribution in [-0.2, 0) is 9.47 Å². The number of aliphatic hydroxyl groups is 1. The van der Waals surface area contributed by atoms with Crippen LogP contribution in [0.3, 0.4) is 0 Å². The van der Waals surface area contributed by atoms with Gasteiger partial charge in [-0.2, -0.15) is 0 Å². The van der Waals surface area contributed by atoms with E-state index in [1.54, 1.807) is 13.8 Å². The molecule has 0 aromatic carbocycles. The predicted molar refractivity (Wildman–Crippen MR) is 34.7 cm³/mol. The summed E-state index contributed by atoms with van der Waals surface area (Å²) in [6, 6.07) is 0. The molecule has 0 aliphatic heterocycles. The molecule has 0 aliphatic carbocycles. The van der Waals surface area contributed by atoms with Crippen LogP contribution in [0.4, 0.5) is 4.79 Å². The average molecular weight is 148 g/mol. The van der Waals surface area contributed by atoms with Crippen LogP contribution in [0, 0.1) is 0 Å². The highest BCUT2D eigenvalue weighted by Crippen LogP contribution is 1.92. The number of carbonyl (C=O) groups excluding carboxylic acids is 1. The summed E-state index contributed by atoms with van der Waals surface area (Å²) in [5.41, 5.74) is 0. The highest BCUT2D eigenvalue weighted by molar-refractivity contribution is 5.59. The number of hydrogen-bond acceptors (Lipinski definition) is 4. The fourth-order valence-electron chi connectivity index (χ4n) is 0.353. The molecule has 1 unspecified atom stereocenters. The lowest BCUT2D eigenvalue weighted by Crippen LogP contribution is -2.18. The topological polar surface area (TPSA) is 55.8 Å². The molecule has 0 saturated heterocycles. The predicted octanol–water partition coefficient (Wildman–Crippen LogP) is 0.540. The maximum atomic E-state index is 10.5. The molecule has 0 spiro atoms. The lowest BCUT2D eigenvalue weighted by molar-refractivity contribution is 0.0123. The molecule has 0 amide bonds. The second kappa shape index (κ2) is 5.05. The third-order valence-corrected chi connectivity index (χ3v) is 0.817. The molecule has 0 aromatic rings. The average Bonchev–Trinajstić information content (AvgIpc) is 1.88. The van der Waals surface area contributed by atoms with Crippen molar-refractivity contribution in [2.24, 2.45) is 0 Å². The molecule has 0 rings (SSSR count). The summed E-state index contributed by atoms with van der Waals surface area (Å²) in [5.74, 6) is 0. The summed E-state index contributed by atoms with van der Waals surface area (Å²) >= 11 is 0. The normalized spacial score (nSPS) is 12.3. The van der Waals surface area contributed by atoms with Gasteiger partial charge in [-0.15, -0.1) is 0 Å². The van der Waals surface area contributed by atoms with Crippen molar-refractivity contribution in [3.05, 3.63) is 0 Å². The van der Waals surface area contributed by atoms with Crippen LogP contribution in [-0.4, -0.2) is 30.6 Å². The molecule has 1 N–H and O–H groups in total. The lowest BCUT2D eigenvalue weighted by atomic mass is 10.4. The molecule has 0 saturated carbocycles. The van der Waals surface area contributed by atoms with Gasteiger partial charge in [-0.25, -0.2) is 4.79 Å². The maximum absolute atomic E-state index is 10.5. The molecule has 0 aliphatic rings. The number of ether oxygens (including phenoxy) is 2. The van der Waals surface area contributed by atoms with E-state index in [1.165, 1.54) is 0 Å². The molecular weight excluding hydrogens is 136 g/mol. The smallest absolute Gasteiger partial charge is 0.435 e. The van der Waals surface area contributed by atoms with E-state index in [1.807, 2.05) is 0 Å². The second-order valence-electron chi connectivity index (χ2n) is 1.79. The van der Waals surface area contributed by atoms with E-state index in [9.17, 15) is 4.79 Å². The Balaban J connectivity index is 3.37. The van der Waals surface area contributed by atoms with Crippen molar-refractivity contribution < 1.29 is 19.4 Å². The highest BCUT2D eigenvalue weighted by atomic mass is 16.7. The Labute approximate surface area is 59.7 Å². The fourth-order valence-corrected chi connectivity index (χ4v) is 0.353. The van der Waals surface area contributed by atoms with Crippen LogP contribution >= 0.6 is 0 Å². The van der Waals surface area contributed by atoms with E-state index in [0.29, 0.717) is 0 Å². The molecule has 0 aromatic heterocycles. The van der Waals surface area contributed by atoms with Gasteiger partial charge in [0.1, 0.15) is 6.10 Å². The van der Waals surface area contributed by atoms with Crippen LogP contribution in [0.25, 0.3) is 0 Å². The molecule has 0 radical (unpaired) electrons. The number of aliphatic hydroxyl groups excluding tert-OH is 1. The van der Waals surface area contributed by atoms with Crippen molar-refractivity contribution in [3.63, 3.8) is 0 Å². The standard InChI is InChI=1S/C6H12O4/c1-3-9-6(8)10-5(2)4-7/h5,7H,3-4H2,1-2H3. The second-order valence-corrected chi connectivity index (χ2v) is 1.79. The summed E-state index contributed by atoms with van der Waals surface area (Å²) in [4.78, 5) is 10.5. The zero-order chi connectivity index (χ0) is 7.98. The lowest BCUT2D eigenvalue weighted by Gasteiger charge is -2.08. The van der Waals surface area contributed by atoms with Crippen molar-refractivity contribution in [3.8, 4) is 0 Å². The Morgan fingerprint density at radius 1 is 1.70 bits per heavy atom. The van der Waals surface area contributed by atoms with Gasteiger partial charge in [0.2, 0.25) is 0 Å². The van der Waals surface area contributed by atoms with E-state index in [0.717, 1.165) is 0 Å². The van der Waals surface area contributed by atoms with Gasteiger partial charge in [0.25, 0.3) is 0 Å². The Morgan fingerprint density at radius 2 is 2.30 bits per heavy atom. The Kier molecular flexibility index (Phi) is 4.66. The zero-order valence-electron chi connectivity index (χ0n) is 6.16. The minimum Gasteiger partial charge on any atom is -0.435 e. The molecule has 4 heteroatoms. The molecule has 4 nitrogen and oxygen atoms in total. The highest BCUT2D eigenvalue weighted by Gasteiger charge is 2.07. The maximum Gasteiger partial charge on any atom is 0.508 e. The van der Waals surface area contributed by atoms with Gasteiger partial charge >= 0.3 is 6.16 Å². The van der Waals surface area contributed by atoms with Crippen molar-refractivity contribution >= 4 is 6.16 Å². The minimum absolute atomic E-state index is 0.182. The molecule has 10 heavy (non-hydrogen) atoms. The van der Waals surface area contributed by atoms with Gasteiger partial charge < -0.3 is 14.6 Å². The fraction of sp³-hybridized carbons (Fsp3) is 0.833. The number of rotatable bonds is 3. The summed E-state index contributed by atoms with van der Waals surface area (Å²) in [6.07, 6.45) is -1.22. The SMILES string of the molecule is CCOC(=O)OC(C)CO. The van der Waals surface area contributed by atoms with E-state index < -0.39 is 12.3 Å². The first-order valence-electron chi connectivity index (χ1n) is 3.15. The Bertz CT molecular complexity index is 102. The van der Waals surface area contributed by atoms with Crippen LogP contribution in [0.1, 0.15) is 13.8 Å². The van der Waals surface area contributed by atoms with Crippen molar-refractivity contribution in [2.75, 3.05) is 13.2 Å². The monoisotopic (exact) mass is 148 g/mol. The molecule has 0 fully saturated rings. The van der Waals surface area contributed by atoms with Crippen LogP contribution in [0.5, 0.6) is 0 Å². The first kappa shape index (κ1) is 9.23. The number of carbonyl (C=O) groups is 1. The van der Waals surface area contributed by atoms with E-state index in [4.69, 9.17) is 5.11 Å². The molecule has 0 heterocycles. The first-order chi connectivity index (χ1) is 4.70. The van der Waals surface area contributed by atoms with Crippen molar-refractivity contribution in [1.29, 1.82) is 0 Å². The van der Waals surface area contributed by atoms with Gasteiger partial charge in [0.05, 0.1) is 13.2 Å². The molecule has 1 atom stereocenters. The van der Waals surface area contributed by atoms with Crippen molar-refractivity contribution in [2.45, 2.75) is 20.0 Å². The first-order valence-corrected chi connectivity index (χ1v) is 3.15. The van der Waals surface area contributed by atoms with Gasteiger partial charge in [-0.05, 0) is 13.8 Å². The number of hydrogen-bond donors (Lipinski definition) is 1. The van der Waals surface area contributed by atoms with Crippen LogP contribution in [0.15, 0.2) is 0 Å². The molecule has 60 valence electrons. The van der Waals surface area contributed by atoms with E-state index >= 15 is 0 Å². The summed E-state index contributed by atoms with van der Waals surface area (Å²) in [6.45, 7) is 3.37. The van der Waals surface area contributed by atoms with Crippen molar-refractivity contribution in [1.82, 2.24) is 0 Å². The van der Waals surface area contributed by atoms with Crippen LogP contribution in [0.2, 0.25) is 0 Å². The summed E-state index contributed by atoms with van der Waals surface area (Å²) in [5, 5.41) is 8.42. The Hall–Kier alpha value is -0.770. The van der Waals surface area contributed by atoms with Gasteiger partial charge in [0, 0.05) is 0 Å². The summed E-state index contributed by atoms with van der Waals surface area (Å²) < 4.78 is 8.97. The third kappa shape index (κ3) is 4.14. The quantitative estimate of drug-likeness (QED) is 0.593. The van der Waals surface area contributed by atoms with Gasteiger partial charge in [-0.1, -0.05) is 0 Å². The largest absolute Gasteiger partial charge is 0.508 e. The third-order valence-electron chi connectivity index (χ3n) is 0.817. The zero-order valence-corrected chi connectivity index (χ0v) is 6.16. The van der Waals surface area contributed by atoms with E-state index in [2.05, 4.69) is 9.47 Å². The minimum atomic E-state index is -0.732.